The summed E-state index contributed by atoms with van der Waals surface area (Å²) in [5.74, 6) is -0.202. The van der Waals surface area contributed by atoms with Gasteiger partial charge in [-0.15, -0.1) is 0 Å². The Balaban J connectivity index is 1.61. The van der Waals surface area contributed by atoms with Gasteiger partial charge < -0.3 is 24.8 Å². The van der Waals surface area contributed by atoms with Gasteiger partial charge >= 0.3 is 11.9 Å². The molecule has 0 aliphatic carbocycles. The van der Waals surface area contributed by atoms with E-state index < -0.39 is 11.9 Å². The predicted molar refractivity (Wildman–Crippen MR) is 187 cm³/mol. The van der Waals surface area contributed by atoms with Crippen LogP contribution in [0.1, 0.15) is 31.8 Å². The van der Waals surface area contributed by atoms with Gasteiger partial charge in [0.1, 0.15) is 17.2 Å². The van der Waals surface area contributed by atoms with E-state index >= 15 is 0 Å². The summed E-state index contributed by atoms with van der Waals surface area (Å²) in [6, 6.07) is 30.1. The first-order chi connectivity index (χ1) is 22.3. The number of rotatable bonds is 10. The van der Waals surface area contributed by atoms with E-state index in [2.05, 4.69) is 31.7 Å². The molecule has 0 heterocycles. The van der Waals surface area contributed by atoms with Crippen LogP contribution in [0.3, 0.4) is 0 Å². The number of carbonyl (C=O) groups is 2. The lowest BCUT2D eigenvalue weighted by Crippen LogP contribution is -2.31. The first kappa shape index (κ1) is 33.2. The second-order valence-electron chi connectivity index (χ2n) is 9.29. The molecule has 4 aromatic rings. The largest absolute Gasteiger partial charge is 0.497 e. The van der Waals surface area contributed by atoms with Crippen molar-refractivity contribution in [3.63, 3.8) is 0 Å². The van der Waals surface area contributed by atoms with Crippen LogP contribution in [0.25, 0.3) is 0 Å². The molecular weight excluding hydrogens is 625 g/mol. The molecule has 0 saturated heterocycles. The van der Waals surface area contributed by atoms with Gasteiger partial charge in [-0.25, -0.2) is 9.59 Å². The van der Waals surface area contributed by atoms with Crippen LogP contribution in [0, 0.1) is 0 Å². The average Bonchev–Trinajstić information content (AvgIpc) is 3.10. The molecule has 0 bridgehead atoms. The highest BCUT2D eigenvalue weighted by molar-refractivity contribution is 7.80. The highest BCUT2D eigenvalue weighted by atomic mass is 32.1. The maximum absolute atomic E-state index is 11.8. The van der Waals surface area contributed by atoms with Crippen LogP contribution in [0.2, 0.25) is 0 Å². The smallest absolute Gasteiger partial charge is 0.337 e. The number of nitrogens with one attached hydrogen (secondary N) is 4. The summed E-state index contributed by atoms with van der Waals surface area (Å²) in [5.41, 5.74) is 10.2. The zero-order chi connectivity index (χ0) is 32.9. The zero-order valence-electron chi connectivity index (χ0n) is 25.1. The van der Waals surface area contributed by atoms with Crippen LogP contribution < -0.4 is 26.2 Å². The normalized spacial score (nSPS) is 11.1. The fourth-order valence-corrected chi connectivity index (χ4v) is 4.33. The molecule has 4 aromatic carbocycles. The lowest BCUT2D eigenvalue weighted by atomic mass is 10.00. The molecule has 0 fully saturated rings. The molecule has 46 heavy (non-hydrogen) atoms. The Hall–Kier alpha value is -5.66. The van der Waals surface area contributed by atoms with E-state index in [1.54, 1.807) is 55.6 Å². The number of methoxy groups -OCH3 is 3. The van der Waals surface area contributed by atoms with Crippen LogP contribution in [-0.2, 0) is 9.47 Å². The minimum absolute atomic E-state index is 0.199. The molecule has 11 nitrogen and oxygen atoms in total. The van der Waals surface area contributed by atoms with Crippen molar-refractivity contribution in [1.82, 2.24) is 10.9 Å². The summed E-state index contributed by atoms with van der Waals surface area (Å²) in [6.07, 6.45) is 0. The number of carbonyl (C=O) groups excluding carboxylic acids is 2. The second kappa shape index (κ2) is 16.4. The van der Waals surface area contributed by atoms with E-state index in [4.69, 9.17) is 38.6 Å². The summed E-state index contributed by atoms with van der Waals surface area (Å²) in [5, 5.41) is 15.8. The van der Waals surface area contributed by atoms with Crippen LogP contribution in [0.15, 0.2) is 113 Å². The number of nitrogens with zero attached hydrogens (tertiary/aromatic N) is 2. The van der Waals surface area contributed by atoms with Gasteiger partial charge in [0.25, 0.3) is 0 Å². The van der Waals surface area contributed by atoms with Crippen LogP contribution in [-0.4, -0.2) is 54.9 Å². The first-order valence-electron chi connectivity index (χ1n) is 13.7. The Morgan fingerprint density at radius 2 is 0.935 bits per heavy atom. The summed E-state index contributed by atoms with van der Waals surface area (Å²) in [6.45, 7) is 0. The molecular formula is C33H30N6O5S2. The predicted octanol–water partition coefficient (Wildman–Crippen LogP) is 5.35. The molecule has 13 heteroatoms. The molecule has 0 aliphatic rings. The quantitative estimate of drug-likeness (QED) is 0.0763. The molecule has 234 valence electrons. The Labute approximate surface area is 276 Å². The number of hydrazone groups is 2. The van der Waals surface area contributed by atoms with Crippen LogP contribution >= 0.6 is 24.4 Å². The third kappa shape index (κ3) is 9.17. The fraction of sp³-hybridized carbons (Fsp3) is 0.0909. The molecule has 0 saturated carbocycles. The molecule has 0 aliphatic heterocycles. The molecule has 0 aromatic heterocycles. The summed E-state index contributed by atoms with van der Waals surface area (Å²) < 4.78 is 14.8. The minimum atomic E-state index is -0.437. The van der Waals surface area contributed by atoms with Gasteiger partial charge in [-0.2, -0.15) is 10.2 Å². The van der Waals surface area contributed by atoms with Gasteiger partial charge in [-0.1, -0.05) is 30.3 Å². The monoisotopic (exact) mass is 654 g/mol. The van der Waals surface area contributed by atoms with E-state index in [9.17, 15) is 9.59 Å². The Morgan fingerprint density at radius 1 is 0.543 bits per heavy atom. The SMILES string of the molecule is COC(=O)c1ccc(NC(=S)NN=C(C(=NNC(=S)Nc2ccc(C(=O)OC)cc2)c2ccc(OC)cc2)c2ccccc2)cc1. The van der Waals surface area contributed by atoms with Crippen molar-refractivity contribution < 1.29 is 23.8 Å². The third-order valence-corrected chi connectivity index (χ3v) is 6.69. The van der Waals surface area contributed by atoms with E-state index in [1.807, 2.05) is 54.6 Å². The second-order valence-corrected chi connectivity index (χ2v) is 10.1. The van der Waals surface area contributed by atoms with Crippen molar-refractivity contribution in [2.75, 3.05) is 32.0 Å². The van der Waals surface area contributed by atoms with Gasteiger partial charge in [-0.3, -0.25) is 10.9 Å². The van der Waals surface area contributed by atoms with Crippen LogP contribution in [0.4, 0.5) is 11.4 Å². The van der Waals surface area contributed by atoms with Gasteiger partial charge in [0, 0.05) is 22.5 Å². The highest BCUT2D eigenvalue weighted by Crippen LogP contribution is 2.16. The van der Waals surface area contributed by atoms with Crippen molar-refractivity contribution in [1.29, 1.82) is 0 Å². The van der Waals surface area contributed by atoms with E-state index in [-0.39, 0.29) is 10.2 Å². The number of thiocarbonyl (C=S) groups is 2. The molecule has 0 spiro atoms. The standard InChI is InChI=1S/C33H30N6O5S2/c1-42-27-19-13-22(14-20-27)29(37-39-33(46)35-26-17-11-24(12-18-26)31(41)44-3)28(21-7-5-4-6-8-21)36-38-32(45)34-25-15-9-23(10-16-25)30(40)43-2/h4-20H,1-3H3,(H2,34,38,45)(H2,35,39,46). The fourth-order valence-electron chi connectivity index (χ4n) is 4.00. The minimum Gasteiger partial charge on any atom is -0.497 e. The molecule has 4 rings (SSSR count). The van der Waals surface area contributed by atoms with Crippen molar-refractivity contribution in [2.24, 2.45) is 10.2 Å². The number of hydrogen-bond donors (Lipinski definition) is 4. The molecule has 0 radical (unpaired) electrons. The maximum atomic E-state index is 11.8. The van der Waals surface area contributed by atoms with Gasteiger partial charge in [0.15, 0.2) is 10.2 Å². The molecule has 0 unspecified atom stereocenters. The summed E-state index contributed by atoms with van der Waals surface area (Å²) in [7, 11) is 4.24. The number of esters is 2. The topological polar surface area (TPSA) is 135 Å². The van der Waals surface area contributed by atoms with E-state index in [1.165, 1.54) is 14.2 Å². The Kier molecular flexibility index (Phi) is 11.9. The average molecular weight is 655 g/mol. The number of benzene rings is 4. The van der Waals surface area contributed by atoms with E-state index in [0.29, 0.717) is 45.2 Å². The first-order valence-corrected chi connectivity index (χ1v) is 14.5. The lowest BCUT2D eigenvalue weighted by molar-refractivity contribution is 0.0592. The van der Waals surface area contributed by atoms with Gasteiger partial charge in [-0.05, 0) is 97.2 Å². The number of ether oxygens (including phenoxy) is 3. The molecule has 0 amide bonds. The zero-order valence-corrected chi connectivity index (χ0v) is 26.7. The summed E-state index contributed by atoms with van der Waals surface area (Å²) in [4.78, 5) is 23.5. The van der Waals surface area contributed by atoms with Crippen LogP contribution in [0.5, 0.6) is 5.75 Å². The lowest BCUT2D eigenvalue weighted by Gasteiger charge is -2.14. The van der Waals surface area contributed by atoms with Crippen molar-refractivity contribution >= 4 is 69.4 Å². The molecule has 0 atom stereocenters. The highest BCUT2D eigenvalue weighted by Gasteiger charge is 2.17. The number of anilines is 2. The summed E-state index contributed by atoms with van der Waals surface area (Å²) >= 11 is 11.0. The van der Waals surface area contributed by atoms with Crippen molar-refractivity contribution in [3.8, 4) is 5.75 Å². The Bertz CT molecular complexity index is 1740. The van der Waals surface area contributed by atoms with Crippen molar-refractivity contribution in [2.45, 2.75) is 0 Å². The Morgan fingerprint density at radius 3 is 1.33 bits per heavy atom. The van der Waals surface area contributed by atoms with Gasteiger partial charge in [0.05, 0.1) is 32.5 Å². The molecule has 4 N–H and O–H groups in total. The van der Waals surface area contributed by atoms with E-state index in [0.717, 1.165) is 5.56 Å². The van der Waals surface area contributed by atoms with Gasteiger partial charge in [0.2, 0.25) is 0 Å². The van der Waals surface area contributed by atoms with Crippen molar-refractivity contribution in [3.05, 3.63) is 125 Å². The maximum Gasteiger partial charge on any atom is 0.337 e. The third-order valence-electron chi connectivity index (χ3n) is 6.30. The number of hydrogen-bond acceptors (Lipinski definition) is 9.